The maximum atomic E-state index is 12.5. The molecule has 0 aliphatic carbocycles. The van der Waals surface area contributed by atoms with Crippen LogP contribution in [0.5, 0.6) is 11.5 Å². The number of rotatable bonds is 26. The van der Waals surface area contributed by atoms with Gasteiger partial charge in [-0.2, -0.15) is 0 Å². The lowest BCUT2D eigenvalue weighted by atomic mass is 10.0. The van der Waals surface area contributed by atoms with E-state index in [-0.39, 0.29) is 62.8 Å². The van der Waals surface area contributed by atoms with Gasteiger partial charge in [0.15, 0.2) is 11.6 Å². The first-order chi connectivity index (χ1) is 26.8. The Bertz CT molecular complexity index is 1600. The van der Waals surface area contributed by atoms with Crippen molar-refractivity contribution in [1.82, 2.24) is 9.80 Å². The summed E-state index contributed by atoms with van der Waals surface area (Å²) in [5, 5.41) is 0. The van der Waals surface area contributed by atoms with Crippen molar-refractivity contribution in [2.24, 2.45) is 0 Å². The van der Waals surface area contributed by atoms with Gasteiger partial charge in [-0.1, -0.05) is 60.7 Å². The molecule has 0 heterocycles. The first-order valence-corrected chi connectivity index (χ1v) is 18.7. The number of nitrogens with zero attached hydrogens (tertiary/aromatic N) is 2. The molecule has 0 saturated carbocycles. The summed E-state index contributed by atoms with van der Waals surface area (Å²) in [6.45, 7) is 4.36. The molecular formula is C44H52N2O9. The summed E-state index contributed by atoms with van der Waals surface area (Å²) in [7, 11) is 3.88. The van der Waals surface area contributed by atoms with Crippen LogP contribution >= 0.6 is 0 Å². The van der Waals surface area contributed by atoms with Crippen LogP contribution in [0.3, 0.4) is 0 Å². The second-order valence-electron chi connectivity index (χ2n) is 13.0. The topological polar surface area (TPSA) is 121 Å². The van der Waals surface area contributed by atoms with E-state index in [1.54, 1.807) is 72.8 Å². The monoisotopic (exact) mass is 752 g/mol. The fourth-order valence-corrected chi connectivity index (χ4v) is 5.43. The van der Waals surface area contributed by atoms with Gasteiger partial charge in [-0.15, -0.1) is 0 Å². The van der Waals surface area contributed by atoms with Gasteiger partial charge in [-0.3, -0.25) is 19.2 Å². The van der Waals surface area contributed by atoms with Gasteiger partial charge < -0.3 is 33.5 Å². The summed E-state index contributed by atoms with van der Waals surface area (Å²) in [4.78, 5) is 53.4. The summed E-state index contributed by atoms with van der Waals surface area (Å²) < 4.78 is 27.5. The molecule has 292 valence electrons. The van der Waals surface area contributed by atoms with Crippen LogP contribution in [0.2, 0.25) is 0 Å². The zero-order valence-corrected chi connectivity index (χ0v) is 31.9. The second-order valence-corrected chi connectivity index (χ2v) is 13.0. The Kier molecular flexibility index (Phi) is 18.6. The summed E-state index contributed by atoms with van der Waals surface area (Å²) >= 11 is 0. The van der Waals surface area contributed by atoms with E-state index in [9.17, 15) is 19.2 Å². The van der Waals surface area contributed by atoms with Crippen molar-refractivity contribution in [3.8, 4) is 11.5 Å². The zero-order chi connectivity index (χ0) is 39.1. The van der Waals surface area contributed by atoms with Gasteiger partial charge in [0.1, 0.15) is 24.7 Å². The highest BCUT2D eigenvalue weighted by atomic mass is 16.6. The normalized spacial score (nSPS) is 11.0. The Morgan fingerprint density at radius 1 is 0.436 bits per heavy atom. The van der Waals surface area contributed by atoms with Crippen LogP contribution in [0.4, 0.5) is 0 Å². The molecule has 0 aliphatic rings. The van der Waals surface area contributed by atoms with Gasteiger partial charge in [0.2, 0.25) is 0 Å². The number of ether oxygens (including phenoxy) is 5. The molecule has 0 saturated heterocycles. The molecule has 0 radical (unpaired) electrons. The molecule has 0 atom stereocenters. The molecule has 0 amide bonds. The molecule has 4 aromatic rings. The van der Waals surface area contributed by atoms with Crippen molar-refractivity contribution in [3.05, 3.63) is 131 Å². The van der Waals surface area contributed by atoms with Crippen molar-refractivity contribution in [2.45, 2.75) is 25.7 Å². The number of esters is 2. The van der Waals surface area contributed by atoms with Gasteiger partial charge >= 0.3 is 11.9 Å². The Morgan fingerprint density at radius 3 is 1.18 bits per heavy atom. The Hall–Kier alpha value is -5.36. The molecule has 0 unspecified atom stereocenters. The van der Waals surface area contributed by atoms with E-state index >= 15 is 0 Å². The smallest absolute Gasteiger partial charge is 0.307 e. The molecule has 11 nitrogen and oxygen atoms in total. The van der Waals surface area contributed by atoms with E-state index in [2.05, 4.69) is 0 Å². The Labute approximate surface area is 324 Å². The number of hydrogen-bond acceptors (Lipinski definition) is 11. The molecule has 0 aliphatic heterocycles. The Morgan fingerprint density at radius 2 is 0.800 bits per heavy atom. The molecule has 0 spiro atoms. The highest BCUT2D eigenvalue weighted by Crippen LogP contribution is 2.17. The van der Waals surface area contributed by atoms with E-state index in [0.717, 1.165) is 25.9 Å². The van der Waals surface area contributed by atoms with Gasteiger partial charge in [0.25, 0.3) is 0 Å². The van der Waals surface area contributed by atoms with Gasteiger partial charge in [-0.05, 0) is 75.5 Å². The number of ketones is 2. The SMILES string of the molecule is CN(CCCOc1ccc(C(=O)c2ccccc2)cc1)CCC(=O)OCCOCCOC(=O)CCN(C)CCCOc1ccc(C(=O)c2ccccc2)cc1. The van der Waals surface area contributed by atoms with Gasteiger partial charge in [-0.25, -0.2) is 0 Å². The fourth-order valence-electron chi connectivity index (χ4n) is 5.43. The predicted molar refractivity (Wildman–Crippen MR) is 210 cm³/mol. The summed E-state index contributed by atoms with van der Waals surface area (Å²) in [6.07, 6.45) is 2.08. The van der Waals surface area contributed by atoms with Crippen LogP contribution in [-0.4, -0.2) is 113 Å². The Balaban J connectivity index is 0.923. The van der Waals surface area contributed by atoms with E-state index in [4.69, 9.17) is 23.7 Å². The third-order valence-corrected chi connectivity index (χ3v) is 8.59. The minimum absolute atomic E-state index is 0.0234. The molecule has 0 fully saturated rings. The van der Waals surface area contributed by atoms with Gasteiger partial charge in [0.05, 0.1) is 39.3 Å². The van der Waals surface area contributed by atoms with E-state index in [1.165, 1.54) is 0 Å². The largest absolute Gasteiger partial charge is 0.494 e. The molecule has 4 rings (SSSR count). The van der Waals surface area contributed by atoms with Crippen LogP contribution in [0, 0.1) is 0 Å². The minimum atomic E-state index is -0.301. The summed E-state index contributed by atoms with van der Waals surface area (Å²) in [6, 6.07) is 32.6. The third kappa shape index (κ3) is 16.3. The van der Waals surface area contributed by atoms with Crippen LogP contribution in [0.1, 0.15) is 57.5 Å². The highest BCUT2D eigenvalue weighted by molar-refractivity contribution is 6.09. The standard InChI is InChI=1S/C44H52N2O9/c1-45(25-9-29-52-39-19-15-37(16-20-39)43(49)35-11-5-3-6-12-35)27-23-41(47)54-33-31-51-32-34-55-42(48)24-28-46(2)26-10-30-53-40-21-17-38(18-22-40)44(50)36-13-7-4-8-14-36/h3-8,11-22H,9-10,23-34H2,1-2H3. The molecule has 0 aromatic heterocycles. The van der Waals surface area contributed by atoms with Crippen molar-refractivity contribution in [2.75, 3.05) is 79.9 Å². The molecule has 0 N–H and O–H groups in total. The quantitative estimate of drug-likeness (QED) is 0.0418. The van der Waals surface area contributed by atoms with Crippen molar-refractivity contribution < 1.29 is 42.9 Å². The van der Waals surface area contributed by atoms with Gasteiger partial charge in [0, 0.05) is 48.4 Å². The summed E-state index contributed by atoms with van der Waals surface area (Å²) in [5.41, 5.74) is 2.53. The van der Waals surface area contributed by atoms with E-state index in [1.807, 2.05) is 60.3 Å². The first kappa shape index (κ1) is 42.4. The molecule has 0 bridgehead atoms. The number of carbonyl (C=O) groups excluding carboxylic acids is 4. The maximum absolute atomic E-state index is 12.5. The van der Waals surface area contributed by atoms with Crippen LogP contribution in [0.15, 0.2) is 109 Å². The minimum Gasteiger partial charge on any atom is -0.494 e. The van der Waals surface area contributed by atoms with E-state index < -0.39 is 0 Å². The molecular weight excluding hydrogens is 700 g/mol. The van der Waals surface area contributed by atoms with Crippen LogP contribution < -0.4 is 9.47 Å². The average Bonchev–Trinajstić information content (AvgIpc) is 3.22. The second kappa shape index (κ2) is 24.1. The first-order valence-electron chi connectivity index (χ1n) is 18.7. The van der Waals surface area contributed by atoms with Crippen molar-refractivity contribution >= 4 is 23.5 Å². The fraction of sp³-hybridized carbons (Fsp3) is 0.364. The van der Waals surface area contributed by atoms with E-state index in [0.29, 0.717) is 60.1 Å². The lowest BCUT2D eigenvalue weighted by Crippen LogP contribution is -2.25. The number of benzene rings is 4. The van der Waals surface area contributed by atoms with Crippen LogP contribution in [0.25, 0.3) is 0 Å². The highest BCUT2D eigenvalue weighted by Gasteiger charge is 2.11. The predicted octanol–water partition coefficient (Wildman–Crippen LogP) is 6.13. The van der Waals surface area contributed by atoms with Crippen molar-refractivity contribution in [1.29, 1.82) is 0 Å². The summed E-state index contributed by atoms with van der Waals surface area (Å²) in [5.74, 6) is 0.756. The number of carbonyl (C=O) groups is 4. The zero-order valence-electron chi connectivity index (χ0n) is 31.9. The lowest BCUT2D eigenvalue weighted by Gasteiger charge is -2.16. The maximum Gasteiger partial charge on any atom is 0.307 e. The lowest BCUT2D eigenvalue weighted by molar-refractivity contribution is -0.147. The molecule has 55 heavy (non-hydrogen) atoms. The molecule has 11 heteroatoms. The molecule has 4 aromatic carbocycles. The number of hydrogen-bond donors (Lipinski definition) is 0. The average molecular weight is 753 g/mol. The third-order valence-electron chi connectivity index (χ3n) is 8.59. The van der Waals surface area contributed by atoms with Crippen molar-refractivity contribution in [3.63, 3.8) is 0 Å². The van der Waals surface area contributed by atoms with Crippen LogP contribution in [-0.2, 0) is 23.8 Å².